The highest BCUT2D eigenvalue weighted by Gasteiger charge is 2.38. The predicted molar refractivity (Wildman–Crippen MR) is 77.8 cm³/mol. The Labute approximate surface area is 130 Å². The Morgan fingerprint density at radius 3 is 2.77 bits per heavy atom. The van der Waals surface area contributed by atoms with Gasteiger partial charge in [-0.3, -0.25) is 4.18 Å². The minimum atomic E-state index is -3.63. The van der Waals surface area contributed by atoms with Gasteiger partial charge in [-0.1, -0.05) is 12.7 Å². The van der Waals surface area contributed by atoms with E-state index >= 15 is 0 Å². The Morgan fingerprint density at radius 1 is 1.55 bits per heavy atom. The van der Waals surface area contributed by atoms with E-state index in [9.17, 15) is 17.6 Å². The molecule has 1 fully saturated rings. The van der Waals surface area contributed by atoms with Gasteiger partial charge in [0.1, 0.15) is 12.8 Å². The molecule has 1 unspecified atom stereocenters. The summed E-state index contributed by atoms with van der Waals surface area (Å²) in [5.41, 5.74) is 0. The molecule has 22 heavy (non-hydrogen) atoms. The van der Waals surface area contributed by atoms with Crippen LogP contribution in [0.4, 0.5) is 9.18 Å². The van der Waals surface area contributed by atoms with Crippen LogP contribution in [-0.4, -0.2) is 70.3 Å². The number of carbonyl (C=O) groups is 1. The van der Waals surface area contributed by atoms with E-state index in [2.05, 4.69) is 6.58 Å². The average Bonchev–Trinajstić information content (AvgIpc) is 2.76. The molecule has 0 aromatic heterocycles. The zero-order valence-electron chi connectivity index (χ0n) is 12.7. The largest absolute Gasteiger partial charge is 0.445 e. The van der Waals surface area contributed by atoms with Crippen LogP contribution in [0.15, 0.2) is 12.7 Å². The number of amides is 1. The number of rotatable bonds is 8. The summed E-state index contributed by atoms with van der Waals surface area (Å²) in [4.78, 5) is 13.3. The number of hydrogen-bond donors (Lipinski definition) is 0. The highest BCUT2D eigenvalue weighted by atomic mass is 32.2. The molecule has 0 spiro atoms. The van der Waals surface area contributed by atoms with Gasteiger partial charge in [0.25, 0.3) is 10.1 Å². The molecule has 0 radical (unpaired) electrons. The molecule has 7 nitrogen and oxygen atoms in total. The van der Waals surface area contributed by atoms with E-state index in [1.807, 2.05) is 0 Å². The molecule has 0 bridgehead atoms. The lowest BCUT2D eigenvalue weighted by atomic mass is 10.2. The molecule has 0 aromatic rings. The summed E-state index contributed by atoms with van der Waals surface area (Å²) in [6, 6.07) is -0.428. The maximum atomic E-state index is 12.8. The lowest BCUT2D eigenvalue weighted by molar-refractivity contribution is 0.0426. The molecule has 0 N–H and O–H groups in total. The van der Waals surface area contributed by atoms with Crippen LogP contribution >= 0.6 is 0 Å². The summed E-state index contributed by atoms with van der Waals surface area (Å²) in [7, 11) is -3.63. The van der Waals surface area contributed by atoms with E-state index in [-0.39, 0.29) is 32.8 Å². The topological polar surface area (TPSA) is 82.1 Å². The first-order valence-corrected chi connectivity index (χ1v) is 8.69. The number of nitrogens with zero attached hydrogens (tertiary/aromatic N) is 1. The van der Waals surface area contributed by atoms with E-state index in [4.69, 9.17) is 13.7 Å². The summed E-state index contributed by atoms with van der Waals surface area (Å²) in [6.45, 7) is 4.91. The van der Waals surface area contributed by atoms with Crippen molar-refractivity contribution in [1.29, 1.82) is 0 Å². The highest BCUT2D eigenvalue weighted by molar-refractivity contribution is 7.86. The fourth-order valence-electron chi connectivity index (χ4n) is 2.15. The third-order valence-corrected chi connectivity index (χ3v) is 3.53. The van der Waals surface area contributed by atoms with Crippen LogP contribution in [-0.2, 0) is 23.8 Å². The first-order valence-electron chi connectivity index (χ1n) is 6.87. The van der Waals surface area contributed by atoms with Gasteiger partial charge in [0, 0.05) is 0 Å². The van der Waals surface area contributed by atoms with Crippen LogP contribution in [0.1, 0.15) is 13.3 Å². The van der Waals surface area contributed by atoms with E-state index in [1.54, 1.807) is 0 Å². The molecule has 9 heteroatoms. The maximum absolute atomic E-state index is 12.8. The minimum absolute atomic E-state index is 0.0437. The zero-order chi connectivity index (χ0) is 16.8. The first kappa shape index (κ1) is 18.9. The second-order valence-corrected chi connectivity index (χ2v) is 6.75. The van der Waals surface area contributed by atoms with Gasteiger partial charge in [-0.05, 0) is 13.3 Å². The Hall–Kier alpha value is -1.19. The van der Waals surface area contributed by atoms with Crippen LogP contribution in [0, 0.1) is 0 Å². The fraction of sp³-hybridized carbons (Fsp3) is 0.769. The summed E-state index contributed by atoms with van der Waals surface area (Å²) < 4.78 is 50.2. The Balaban J connectivity index is 2.65. The molecule has 0 aliphatic carbocycles. The van der Waals surface area contributed by atoms with E-state index in [0.717, 1.165) is 6.26 Å². The van der Waals surface area contributed by atoms with Crippen molar-refractivity contribution in [2.24, 2.45) is 0 Å². The zero-order valence-corrected chi connectivity index (χ0v) is 13.6. The van der Waals surface area contributed by atoms with Crippen molar-refractivity contribution in [1.82, 2.24) is 4.90 Å². The van der Waals surface area contributed by atoms with Crippen LogP contribution < -0.4 is 0 Å². The van der Waals surface area contributed by atoms with Crippen molar-refractivity contribution in [3.8, 4) is 0 Å². The molecule has 1 heterocycles. The van der Waals surface area contributed by atoms with Gasteiger partial charge in [0.15, 0.2) is 0 Å². The Morgan fingerprint density at radius 2 is 2.23 bits per heavy atom. The first-order chi connectivity index (χ1) is 10.2. The molecule has 1 rings (SSSR count). The van der Waals surface area contributed by atoms with Crippen LogP contribution in [0.5, 0.6) is 0 Å². The SMILES string of the molecule is C=CCOC(=O)N1C[C@H](OS(C)(=O)=O)C[C@H]1COCC(C)F. The quantitative estimate of drug-likeness (QED) is 0.486. The molecule has 1 saturated heterocycles. The van der Waals surface area contributed by atoms with Crippen LogP contribution in [0.3, 0.4) is 0 Å². The molecule has 0 saturated carbocycles. The molecular formula is C13H22FNO6S. The van der Waals surface area contributed by atoms with Gasteiger partial charge < -0.3 is 14.4 Å². The minimum Gasteiger partial charge on any atom is -0.445 e. The molecule has 128 valence electrons. The van der Waals surface area contributed by atoms with Crippen molar-refractivity contribution >= 4 is 16.2 Å². The molecule has 1 amide bonds. The Bertz CT molecular complexity index is 481. The predicted octanol–water partition coefficient (Wildman–Crippen LogP) is 1.10. The highest BCUT2D eigenvalue weighted by Crippen LogP contribution is 2.23. The summed E-state index contributed by atoms with van der Waals surface area (Å²) >= 11 is 0. The number of carbonyl (C=O) groups excluding carboxylic acids is 1. The van der Waals surface area contributed by atoms with Gasteiger partial charge in [-0.25, -0.2) is 9.18 Å². The van der Waals surface area contributed by atoms with E-state index in [0.29, 0.717) is 0 Å². The smallest absolute Gasteiger partial charge is 0.410 e. The molecule has 3 atom stereocenters. The monoisotopic (exact) mass is 339 g/mol. The molecular weight excluding hydrogens is 317 g/mol. The summed E-state index contributed by atoms with van der Waals surface area (Å²) in [5.74, 6) is 0. The number of alkyl halides is 1. The third-order valence-electron chi connectivity index (χ3n) is 2.90. The molecule has 1 aliphatic rings. The third kappa shape index (κ3) is 6.71. The van der Waals surface area contributed by atoms with Gasteiger partial charge in [0.05, 0.1) is 38.2 Å². The van der Waals surface area contributed by atoms with E-state index < -0.39 is 34.5 Å². The van der Waals surface area contributed by atoms with Crippen molar-refractivity contribution < 1.29 is 31.3 Å². The fourth-order valence-corrected chi connectivity index (χ4v) is 2.79. The second kappa shape index (κ2) is 8.44. The normalized spacial score (nSPS) is 23.3. The number of halogens is 1. The lowest BCUT2D eigenvalue weighted by Gasteiger charge is -2.23. The van der Waals surface area contributed by atoms with Crippen LogP contribution in [0.2, 0.25) is 0 Å². The van der Waals surface area contributed by atoms with Crippen molar-refractivity contribution in [2.45, 2.75) is 31.7 Å². The molecule has 0 aromatic carbocycles. The van der Waals surface area contributed by atoms with Gasteiger partial charge in [0.2, 0.25) is 0 Å². The maximum Gasteiger partial charge on any atom is 0.410 e. The second-order valence-electron chi connectivity index (χ2n) is 5.15. The van der Waals surface area contributed by atoms with Gasteiger partial charge >= 0.3 is 6.09 Å². The number of ether oxygens (including phenoxy) is 2. The molecule has 1 aliphatic heterocycles. The van der Waals surface area contributed by atoms with Crippen molar-refractivity contribution in [3.05, 3.63) is 12.7 Å². The number of hydrogen-bond acceptors (Lipinski definition) is 6. The average molecular weight is 339 g/mol. The van der Waals surface area contributed by atoms with E-state index in [1.165, 1.54) is 17.9 Å². The van der Waals surface area contributed by atoms with Crippen LogP contribution in [0.25, 0.3) is 0 Å². The van der Waals surface area contributed by atoms with Crippen molar-refractivity contribution in [2.75, 3.05) is 32.6 Å². The van der Waals surface area contributed by atoms with Crippen molar-refractivity contribution in [3.63, 3.8) is 0 Å². The standard InChI is InChI=1S/C13H22FNO6S/c1-4-5-20-13(16)15-7-12(21-22(3,17)18)6-11(15)9-19-8-10(2)14/h4,10-12H,1,5-9H2,2-3H3/t10?,11-,12+/m0/s1. The lowest BCUT2D eigenvalue weighted by Crippen LogP contribution is -2.39. The Kier molecular flexibility index (Phi) is 7.24. The van der Waals surface area contributed by atoms with Gasteiger partial charge in [-0.15, -0.1) is 0 Å². The number of likely N-dealkylation sites (tertiary alicyclic amines) is 1. The summed E-state index contributed by atoms with van der Waals surface area (Å²) in [5, 5.41) is 0. The van der Waals surface area contributed by atoms with Gasteiger partial charge in [-0.2, -0.15) is 8.42 Å². The summed E-state index contributed by atoms with van der Waals surface area (Å²) in [6.07, 6.45) is 0.253.